The maximum Gasteiger partial charge on any atom is 0.226 e. The van der Waals surface area contributed by atoms with Crippen LogP contribution < -0.4 is 0 Å². The number of benzene rings is 7. The molecule has 9 aromatic rings. The second kappa shape index (κ2) is 10.7. The lowest BCUT2D eigenvalue weighted by molar-refractivity contribution is 0.669. The molecular formula is C41H24ClN3O. The second-order valence-corrected chi connectivity index (χ2v) is 11.7. The standard InChI is InChI=1S/C41H24ClN3O/c42-41-44-39(33-17-8-16-31-29-14-5-4-12-26(29)20-22-32(31)33)43-40(45-41)35-18-9-19-36-38(35)34-23-21-27(24-37(34)46-36)30-15-7-6-13-28(30)25-10-2-1-3-11-25/h1-24H. The molecule has 0 radical (unpaired) electrons. The van der Waals surface area contributed by atoms with E-state index in [4.69, 9.17) is 21.0 Å². The molecule has 0 N–H and O–H groups in total. The first-order valence-electron chi connectivity index (χ1n) is 15.1. The van der Waals surface area contributed by atoms with Crippen molar-refractivity contribution in [3.63, 3.8) is 0 Å². The van der Waals surface area contributed by atoms with Gasteiger partial charge in [-0.1, -0.05) is 127 Å². The van der Waals surface area contributed by atoms with E-state index in [1.54, 1.807) is 0 Å². The molecule has 0 aliphatic rings. The van der Waals surface area contributed by atoms with Gasteiger partial charge in [0.1, 0.15) is 11.2 Å². The predicted octanol–water partition coefficient (Wildman–Crippen LogP) is 11.4. The van der Waals surface area contributed by atoms with Crippen molar-refractivity contribution >= 4 is 55.1 Å². The zero-order chi connectivity index (χ0) is 30.6. The Labute approximate surface area is 269 Å². The van der Waals surface area contributed by atoms with E-state index in [1.807, 2.05) is 36.4 Å². The fourth-order valence-electron chi connectivity index (χ4n) is 6.61. The first kappa shape index (κ1) is 26.6. The van der Waals surface area contributed by atoms with Gasteiger partial charge < -0.3 is 4.42 Å². The van der Waals surface area contributed by atoms with E-state index >= 15 is 0 Å². The molecule has 4 nitrogen and oxygen atoms in total. The first-order valence-corrected chi connectivity index (χ1v) is 15.5. The first-order chi connectivity index (χ1) is 22.7. The van der Waals surface area contributed by atoms with Crippen molar-refractivity contribution in [3.8, 4) is 45.0 Å². The highest BCUT2D eigenvalue weighted by Gasteiger charge is 2.19. The van der Waals surface area contributed by atoms with Crippen molar-refractivity contribution in [2.24, 2.45) is 0 Å². The summed E-state index contributed by atoms with van der Waals surface area (Å²) >= 11 is 6.61. The van der Waals surface area contributed by atoms with E-state index in [9.17, 15) is 0 Å². The third-order valence-electron chi connectivity index (χ3n) is 8.70. The van der Waals surface area contributed by atoms with Crippen LogP contribution in [0.1, 0.15) is 0 Å². The van der Waals surface area contributed by atoms with Crippen LogP contribution >= 0.6 is 11.6 Å². The van der Waals surface area contributed by atoms with Crippen molar-refractivity contribution in [1.82, 2.24) is 15.0 Å². The Hall–Kier alpha value is -5.84. The van der Waals surface area contributed by atoms with Crippen molar-refractivity contribution < 1.29 is 4.42 Å². The molecule has 0 saturated carbocycles. The summed E-state index contributed by atoms with van der Waals surface area (Å²) in [5.41, 5.74) is 7.87. The van der Waals surface area contributed by atoms with E-state index in [0.717, 1.165) is 55.0 Å². The van der Waals surface area contributed by atoms with Gasteiger partial charge >= 0.3 is 0 Å². The summed E-state index contributed by atoms with van der Waals surface area (Å²) in [5, 5.41) is 6.64. The minimum Gasteiger partial charge on any atom is -0.456 e. The molecule has 2 heterocycles. The van der Waals surface area contributed by atoms with Gasteiger partial charge in [0.15, 0.2) is 11.6 Å². The van der Waals surface area contributed by atoms with E-state index < -0.39 is 0 Å². The van der Waals surface area contributed by atoms with Crippen molar-refractivity contribution in [3.05, 3.63) is 151 Å². The SMILES string of the molecule is Clc1nc(-c2cccc3c2ccc2ccccc23)nc(-c2cccc3oc4cc(-c5ccccc5-c5ccccc5)ccc4c23)n1. The van der Waals surface area contributed by atoms with Crippen LogP contribution in [0, 0.1) is 0 Å². The lowest BCUT2D eigenvalue weighted by atomic mass is 9.94. The van der Waals surface area contributed by atoms with E-state index in [2.05, 4.69) is 119 Å². The van der Waals surface area contributed by atoms with Gasteiger partial charge in [0.25, 0.3) is 0 Å². The number of hydrogen-bond donors (Lipinski definition) is 0. The van der Waals surface area contributed by atoms with E-state index in [0.29, 0.717) is 11.6 Å². The fraction of sp³-hybridized carbons (Fsp3) is 0. The Morgan fingerprint density at radius 1 is 0.413 bits per heavy atom. The maximum atomic E-state index is 6.61. The Morgan fingerprint density at radius 3 is 1.93 bits per heavy atom. The van der Waals surface area contributed by atoms with Crippen LogP contribution in [0.3, 0.4) is 0 Å². The summed E-state index contributed by atoms with van der Waals surface area (Å²) in [6.07, 6.45) is 0. The monoisotopic (exact) mass is 609 g/mol. The zero-order valence-corrected chi connectivity index (χ0v) is 25.2. The number of aromatic nitrogens is 3. The minimum absolute atomic E-state index is 0.141. The van der Waals surface area contributed by atoms with Gasteiger partial charge in [-0.05, 0) is 73.6 Å². The number of fused-ring (bicyclic) bond motifs is 6. The molecule has 0 amide bonds. The van der Waals surface area contributed by atoms with Gasteiger partial charge in [0, 0.05) is 21.9 Å². The number of rotatable bonds is 4. The van der Waals surface area contributed by atoms with E-state index in [1.165, 1.54) is 21.9 Å². The molecule has 0 aliphatic carbocycles. The molecule has 0 spiro atoms. The highest BCUT2D eigenvalue weighted by molar-refractivity contribution is 6.28. The largest absolute Gasteiger partial charge is 0.456 e. The fourth-order valence-corrected chi connectivity index (χ4v) is 6.77. The summed E-state index contributed by atoms with van der Waals surface area (Å²) in [6, 6.07) is 50.1. The molecule has 5 heteroatoms. The van der Waals surface area contributed by atoms with Gasteiger partial charge in [0.05, 0.1) is 0 Å². The highest BCUT2D eigenvalue weighted by Crippen LogP contribution is 2.40. The Balaban J connectivity index is 1.20. The lowest BCUT2D eigenvalue weighted by Crippen LogP contribution is -1.98. The highest BCUT2D eigenvalue weighted by atomic mass is 35.5. The molecule has 0 atom stereocenters. The molecular weight excluding hydrogens is 586 g/mol. The normalized spacial score (nSPS) is 11.6. The molecule has 216 valence electrons. The Morgan fingerprint density at radius 2 is 1.07 bits per heavy atom. The van der Waals surface area contributed by atoms with Crippen LogP contribution in [0.4, 0.5) is 0 Å². The molecule has 2 aromatic heterocycles. The lowest BCUT2D eigenvalue weighted by Gasteiger charge is -2.10. The maximum absolute atomic E-state index is 6.61. The molecule has 0 bridgehead atoms. The minimum atomic E-state index is 0.141. The second-order valence-electron chi connectivity index (χ2n) is 11.3. The predicted molar refractivity (Wildman–Crippen MR) is 189 cm³/mol. The Bertz CT molecular complexity index is 2610. The van der Waals surface area contributed by atoms with Gasteiger partial charge in [0.2, 0.25) is 5.28 Å². The number of furan rings is 1. The molecule has 0 saturated heterocycles. The molecule has 0 unspecified atom stereocenters. The van der Waals surface area contributed by atoms with Gasteiger partial charge in [-0.25, -0.2) is 4.98 Å². The van der Waals surface area contributed by atoms with Crippen LogP contribution in [0.5, 0.6) is 0 Å². The third kappa shape index (κ3) is 4.34. The average molecular weight is 610 g/mol. The van der Waals surface area contributed by atoms with Crippen molar-refractivity contribution in [1.29, 1.82) is 0 Å². The molecule has 9 rings (SSSR count). The average Bonchev–Trinajstić information content (AvgIpc) is 3.49. The van der Waals surface area contributed by atoms with Crippen LogP contribution in [-0.4, -0.2) is 15.0 Å². The van der Waals surface area contributed by atoms with Crippen molar-refractivity contribution in [2.75, 3.05) is 0 Å². The van der Waals surface area contributed by atoms with Crippen LogP contribution in [0.15, 0.2) is 150 Å². The molecule has 0 aliphatic heterocycles. The zero-order valence-electron chi connectivity index (χ0n) is 24.5. The number of halogens is 1. The molecule has 0 fully saturated rings. The smallest absolute Gasteiger partial charge is 0.226 e. The number of nitrogens with zero attached hydrogens (tertiary/aromatic N) is 3. The summed E-state index contributed by atoms with van der Waals surface area (Å²) < 4.78 is 6.46. The quantitative estimate of drug-likeness (QED) is 0.186. The summed E-state index contributed by atoms with van der Waals surface area (Å²) in [6.45, 7) is 0. The summed E-state index contributed by atoms with van der Waals surface area (Å²) in [4.78, 5) is 14.2. The van der Waals surface area contributed by atoms with Crippen LogP contribution in [0.25, 0.3) is 88.5 Å². The summed E-state index contributed by atoms with van der Waals surface area (Å²) in [5.74, 6) is 1.03. The molecule has 7 aromatic carbocycles. The number of hydrogen-bond acceptors (Lipinski definition) is 4. The summed E-state index contributed by atoms with van der Waals surface area (Å²) in [7, 11) is 0. The van der Waals surface area contributed by atoms with Crippen molar-refractivity contribution in [2.45, 2.75) is 0 Å². The topological polar surface area (TPSA) is 51.8 Å². The molecule has 46 heavy (non-hydrogen) atoms. The van der Waals surface area contributed by atoms with Gasteiger partial charge in [-0.2, -0.15) is 9.97 Å². The van der Waals surface area contributed by atoms with Crippen LogP contribution in [0.2, 0.25) is 5.28 Å². The van der Waals surface area contributed by atoms with E-state index in [-0.39, 0.29) is 5.28 Å². The third-order valence-corrected chi connectivity index (χ3v) is 8.87. The van der Waals surface area contributed by atoms with Crippen LogP contribution in [-0.2, 0) is 0 Å². The van der Waals surface area contributed by atoms with Gasteiger partial charge in [-0.3, -0.25) is 0 Å². The van der Waals surface area contributed by atoms with Gasteiger partial charge in [-0.15, -0.1) is 0 Å². The Kier molecular flexibility index (Phi) is 6.15.